The van der Waals surface area contributed by atoms with Crippen molar-refractivity contribution >= 4 is 40.1 Å². The van der Waals surface area contributed by atoms with Gasteiger partial charge in [-0.25, -0.2) is 4.99 Å². The normalized spacial score (nSPS) is 20.0. The maximum Gasteiger partial charge on any atom is 0.254 e. The minimum absolute atomic E-state index is 0.0765. The predicted octanol–water partition coefficient (Wildman–Crippen LogP) is 6.73. The number of fused-ring (bicyclic) bond motifs is 1. The number of thiophene rings is 1. The van der Waals surface area contributed by atoms with Crippen molar-refractivity contribution in [1.82, 2.24) is 5.32 Å². The summed E-state index contributed by atoms with van der Waals surface area (Å²) in [4.78, 5) is 19.4. The molecule has 0 aliphatic heterocycles. The molecular weight excluding hydrogens is 400 g/mol. The molecular formula is C24H29ClN2OS. The lowest BCUT2D eigenvalue weighted by atomic mass is 9.85. The van der Waals surface area contributed by atoms with Crippen LogP contribution in [0.3, 0.4) is 0 Å². The van der Waals surface area contributed by atoms with Crippen LogP contribution in [-0.2, 0) is 12.8 Å². The molecule has 1 saturated carbocycles. The Bertz CT molecular complexity index is 881. The van der Waals surface area contributed by atoms with Crippen molar-refractivity contribution in [2.45, 2.75) is 70.8 Å². The first-order valence-electron chi connectivity index (χ1n) is 10.9. The molecule has 0 unspecified atom stereocenters. The summed E-state index contributed by atoms with van der Waals surface area (Å²) in [6, 6.07) is 7.95. The Balaban J connectivity index is 1.62. The van der Waals surface area contributed by atoms with Crippen LogP contribution in [0.2, 0.25) is 5.02 Å². The number of carbonyl (C=O) groups is 1. The number of nitrogens with one attached hydrogen (secondary N) is 1. The van der Waals surface area contributed by atoms with Gasteiger partial charge in [0.25, 0.3) is 5.91 Å². The number of amides is 1. The summed E-state index contributed by atoms with van der Waals surface area (Å²) in [6.45, 7) is 2.26. The third-order valence-corrected chi connectivity index (χ3v) is 7.71. The van der Waals surface area contributed by atoms with Gasteiger partial charge in [0.05, 0.1) is 5.56 Å². The van der Waals surface area contributed by atoms with Gasteiger partial charge >= 0.3 is 0 Å². The molecule has 5 heteroatoms. The average Bonchev–Trinajstić information content (AvgIpc) is 3.11. The Morgan fingerprint density at radius 1 is 1.21 bits per heavy atom. The van der Waals surface area contributed by atoms with E-state index in [1.54, 1.807) is 11.3 Å². The fraction of sp³-hybridized carbons (Fsp3) is 0.500. The van der Waals surface area contributed by atoms with E-state index < -0.39 is 0 Å². The van der Waals surface area contributed by atoms with E-state index in [-0.39, 0.29) is 5.91 Å². The number of nitrogens with zero attached hydrogens (tertiary/aromatic N) is 1. The summed E-state index contributed by atoms with van der Waals surface area (Å²) < 4.78 is 0. The third-order valence-electron chi connectivity index (χ3n) is 6.29. The van der Waals surface area contributed by atoms with Crippen LogP contribution in [0.5, 0.6) is 0 Å². The fourth-order valence-electron chi connectivity index (χ4n) is 4.50. The van der Waals surface area contributed by atoms with Gasteiger partial charge in [0.1, 0.15) is 5.00 Å². The van der Waals surface area contributed by atoms with Crippen LogP contribution >= 0.6 is 22.9 Å². The van der Waals surface area contributed by atoms with E-state index >= 15 is 0 Å². The van der Waals surface area contributed by atoms with Crippen LogP contribution in [0.1, 0.15) is 78.2 Å². The minimum Gasteiger partial charge on any atom is -0.349 e. The molecule has 0 spiro atoms. The lowest BCUT2D eigenvalue weighted by molar-refractivity contribution is 0.0927. The van der Waals surface area contributed by atoms with Crippen LogP contribution in [0.15, 0.2) is 29.3 Å². The molecule has 1 heterocycles. The summed E-state index contributed by atoms with van der Waals surface area (Å²) in [5.74, 6) is 0.802. The third kappa shape index (κ3) is 4.92. The van der Waals surface area contributed by atoms with Crippen LogP contribution in [0.25, 0.3) is 0 Å². The van der Waals surface area contributed by atoms with Gasteiger partial charge in [0, 0.05) is 22.2 Å². The number of aliphatic imine (C=N–C) groups is 1. The first-order chi connectivity index (χ1) is 14.1. The molecule has 2 aromatic rings. The second kappa shape index (κ2) is 9.44. The average molecular weight is 429 g/mol. The van der Waals surface area contributed by atoms with Crippen molar-refractivity contribution in [3.63, 3.8) is 0 Å². The molecule has 1 atom stereocenters. The van der Waals surface area contributed by atoms with Gasteiger partial charge in [-0.3, -0.25) is 4.79 Å². The van der Waals surface area contributed by atoms with Gasteiger partial charge in [-0.2, -0.15) is 0 Å². The van der Waals surface area contributed by atoms with E-state index in [9.17, 15) is 4.79 Å². The number of carbonyl (C=O) groups excluding carboxylic acids is 1. The molecule has 0 radical (unpaired) electrons. The molecule has 29 heavy (non-hydrogen) atoms. The number of rotatable bonds is 5. The molecule has 1 fully saturated rings. The maximum absolute atomic E-state index is 13.3. The SMILES string of the molecule is CC[C@H]1CCc2c(sc(N=Cc3ccc(Cl)cc3)c2C(=O)NC2CCCCC2)C1. The minimum atomic E-state index is 0.0765. The van der Waals surface area contributed by atoms with Crippen molar-refractivity contribution in [3.05, 3.63) is 50.9 Å². The summed E-state index contributed by atoms with van der Waals surface area (Å²) in [5.41, 5.74) is 3.07. The second-order valence-electron chi connectivity index (χ2n) is 8.32. The second-order valence-corrected chi connectivity index (χ2v) is 9.84. The monoisotopic (exact) mass is 428 g/mol. The highest BCUT2D eigenvalue weighted by Gasteiger charge is 2.29. The lowest BCUT2D eigenvalue weighted by Crippen LogP contribution is -2.36. The van der Waals surface area contributed by atoms with E-state index in [4.69, 9.17) is 16.6 Å². The molecule has 2 aliphatic rings. The molecule has 1 aromatic carbocycles. The van der Waals surface area contributed by atoms with Crippen LogP contribution in [-0.4, -0.2) is 18.2 Å². The smallest absolute Gasteiger partial charge is 0.254 e. The highest BCUT2D eigenvalue weighted by molar-refractivity contribution is 7.16. The number of hydrogen-bond donors (Lipinski definition) is 1. The Morgan fingerprint density at radius 2 is 1.97 bits per heavy atom. The van der Waals surface area contributed by atoms with Crippen molar-refractivity contribution in [2.75, 3.05) is 0 Å². The highest BCUT2D eigenvalue weighted by Crippen LogP contribution is 2.42. The Labute approximate surface area is 182 Å². The van der Waals surface area contributed by atoms with E-state index in [0.717, 1.165) is 47.7 Å². The zero-order valence-electron chi connectivity index (χ0n) is 17.0. The van der Waals surface area contributed by atoms with Crippen molar-refractivity contribution in [2.24, 2.45) is 10.9 Å². The van der Waals surface area contributed by atoms with Crippen LogP contribution in [0, 0.1) is 5.92 Å². The number of hydrogen-bond acceptors (Lipinski definition) is 3. The quantitative estimate of drug-likeness (QED) is 0.527. The van der Waals surface area contributed by atoms with Gasteiger partial charge < -0.3 is 5.32 Å². The van der Waals surface area contributed by atoms with E-state index in [0.29, 0.717) is 11.1 Å². The molecule has 0 bridgehead atoms. The topological polar surface area (TPSA) is 41.5 Å². The zero-order chi connectivity index (χ0) is 20.2. The first kappa shape index (κ1) is 20.6. The summed E-state index contributed by atoms with van der Waals surface area (Å²) in [7, 11) is 0. The molecule has 1 aromatic heterocycles. The zero-order valence-corrected chi connectivity index (χ0v) is 18.6. The van der Waals surface area contributed by atoms with Crippen molar-refractivity contribution in [3.8, 4) is 0 Å². The van der Waals surface area contributed by atoms with E-state index in [2.05, 4.69) is 12.2 Å². The highest BCUT2D eigenvalue weighted by atomic mass is 35.5. The number of halogens is 1. The van der Waals surface area contributed by atoms with Crippen LogP contribution in [0.4, 0.5) is 5.00 Å². The first-order valence-corrected chi connectivity index (χ1v) is 12.1. The molecule has 4 rings (SSSR count). The maximum atomic E-state index is 13.3. The summed E-state index contributed by atoms with van der Waals surface area (Å²) >= 11 is 7.70. The summed E-state index contributed by atoms with van der Waals surface area (Å²) in [6.07, 6.45) is 12.2. The van der Waals surface area contributed by atoms with Crippen molar-refractivity contribution < 1.29 is 4.79 Å². The molecule has 2 aliphatic carbocycles. The Kier molecular flexibility index (Phi) is 6.71. The molecule has 3 nitrogen and oxygen atoms in total. The van der Waals surface area contributed by atoms with Gasteiger partial charge in [-0.1, -0.05) is 56.3 Å². The molecule has 154 valence electrons. The van der Waals surface area contributed by atoms with Gasteiger partial charge in [0.2, 0.25) is 0 Å². The van der Waals surface area contributed by atoms with Gasteiger partial charge in [0.15, 0.2) is 0 Å². The summed E-state index contributed by atoms with van der Waals surface area (Å²) in [5, 5.41) is 4.89. The van der Waals surface area contributed by atoms with Gasteiger partial charge in [-0.15, -0.1) is 11.3 Å². The van der Waals surface area contributed by atoms with Crippen molar-refractivity contribution in [1.29, 1.82) is 0 Å². The molecule has 1 N–H and O–H groups in total. The fourth-order valence-corrected chi connectivity index (χ4v) is 5.93. The van der Waals surface area contributed by atoms with Crippen LogP contribution < -0.4 is 5.32 Å². The standard InChI is InChI=1S/C24H29ClN2OS/c1-2-16-10-13-20-21(14-16)29-24(26-15-17-8-11-18(25)12-9-17)22(20)23(28)27-19-6-4-3-5-7-19/h8-9,11-12,15-16,19H,2-7,10,13-14H2,1H3,(H,27,28)/t16-/m0/s1. The molecule has 0 saturated heterocycles. The van der Waals surface area contributed by atoms with E-state index in [1.165, 1.54) is 42.5 Å². The number of benzene rings is 1. The van der Waals surface area contributed by atoms with Gasteiger partial charge in [-0.05, 0) is 61.3 Å². The largest absolute Gasteiger partial charge is 0.349 e. The Hall–Kier alpha value is -1.65. The molecule has 1 amide bonds. The van der Waals surface area contributed by atoms with E-state index in [1.807, 2.05) is 30.5 Å². The Morgan fingerprint density at radius 3 is 2.69 bits per heavy atom. The lowest BCUT2D eigenvalue weighted by Gasteiger charge is -2.24. The predicted molar refractivity (Wildman–Crippen MR) is 123 cm³/mol.